The third kappa shape index (κ3) is 1.94. The van der Waals surface area contributed by atoms with Crippen LogP contribution in [-0.2, 0) is 0 Å². The molecule has 86 valence electrons. The summed E-state index contributed by atoms with van der Waals surface area (Å²) in [5, 5.41) is 0. The number of nitrogens with zero attached hydrogens (tertiary/aromatic N) is 1. The van der Waals surface area contributed by atoms with Gasteiger partial charge in [0.25, 0.3) is 0 Å². The normalized spacial score (nSPS) is 42.6. The minimum atomic E-state index is 0.517. The zero-order chi connectivity index (χ0) is 10.3. The average Bonchev–Trinajstić information content (AvgIpc) is 2.88. The van der Waals surface area contributed by atoms with Gasteiger partial charge in [0.2, 0.25) is 0 Å². The molecule has 1 aliphatic heterocycles. The Morgan fingerprint density at radius 3 is 2.53 bits per heavy atom. The van der Waals surface area contributed by atoms with Gasteiger partial charge in [0, 0.05) is 25.7 Å². The highest BCUT2D eigenvalue weighted by atomic mass is 15.2. The van der Waals surface area contributed by atoms with Gasteiger partial charge < -0.3 is 10.6 Å². The first-order valence-electron chi connectivity index (χ1n) is 6.81. The lowest BCUT2D eigenvalue weighted by atomic mass is 9.98. The topological polar surface area (TPSA) is 29.3 Å². The second kappa shape index (κ2) is 4.06. The van der Waals surface area contributed by atoms with Crippen LogP contribution in [0.15, 0.2) is 0 Å². The first kappa shape index (κ1) is 10.1. The highest BCUT2D eigenvalue weighted by Crippen LogP contribution is 2.38. The van der Waals surface area contributed by atoms with Gasteiger partial charge in [0.1, 0.15) is 0 Å². The Morgan fingerprint density at radius 2 is 1.80 bits per heavy atom. The van der Waals surface area contributed by atoms with E-state index in [-0.39, 0.29) is 0 Å². The SMILES string of the molecule is NC1CCC2CN(CC3CCCC3)CC12. The fourth-order valence-electron chi connectivity index (χ4n) is 4.11. The smallest absolute Gasteiger partial charge is 0.00826 e. The Kier molecular flexibility index (Phi) is 2.73. The first-order valence-corrected chi connectivity index (χ1v) is 6.81. The van der Waals surface area contributed by atoms with E-state index in [1.165, 1.54) is 58.2 Å². The van der Waals surface area contributed by atoms with Gasteiger partial charge in [-0.3, -0.25) is 0 Å². The standard InChI is InChI=1S/C13H24N2/c14-13-6-5-11-8-15(9-12(11)13)7-10-3-1-2-4-10/h10-13H,1-9,14H2. The second-order valence-electron chi connectivity index (χ2n) is 6.03. The zero-order valence-electron chi connectivity index (χ0n) is 9.70. The largest absolute Gasteiger partial charge is 0.327 e. The van der Waals surface area contributed by atoms with Crippen molar-refractivity contribution in [1.82, 2.24) is 4.90 Å². The van der Waals surface area contributed by atoms with Crippen molar-refractivity contribution in [3.05, 3.63) is 0 Å². The summed E-state index contributed by atoms with van der Waals surface area (Å²) >= 11 is 0. The third-order valence-corrected chi connectivity index (χ3v) is 4.98. The molecule has 2 heteroatoms. The number of likely N-dealkylation sites (tertiary alicyclic amines) is 1. The van der Waals surface area contributed by atoms with Gasteiger partial charge in [-0.2, -0.15) is 0 Å². The van der Waals surface area contributed by atoms with Crippen molar-refractivity contribution in [2.24, 2.45) is 23.5 Å². The van der Waals surface area contributed by atoms with E-state index in [2.05, 4.69) is 4.90 Å². The Bertz CT molecular complexity index is 221. The van der Waals surface area contributed by atoms with Crippen LogP contribution in [0, 0.1) is 17.8 Å². The Labute approximate surface area is 93.2 Å². The van der Waals surface area contributed by atoms with Crippen LogP contribution in [0.2, 0.25) is 0 Å². The molecule has 2 saturated carbocycles. The van der Waals surface area contributed by atoms with E-state index in [0.717, 1.165) is 17.8 Å². The Balaban J connectivity index is 1.53. The van der Waals surface area contributed by atoms with Crippen LogP contribution in [0.5, 0.6) is 0 Å². The summed E-state index contributed by atoms with van der Waals surface area (Å²) < 4.78 is 0. The van der Waals surface area contributed by atoms with E-state index >= 15 is 0 Å². The van der Waals surface area contributed by atoms with Crippen LogP contribution in [0.1, 0.15) is 38.5 Å². The van der Waals surface area contributed by atoms with Crippen LogP contribution in [-0.4, -0.2) is 30.6 Å². The molecule has 0 spiro atoms. The van der Waals surface area contributed by atoms with Crippen LogP contribution in [0.3, 0.4) is 0 Å². The van der Waals surface area contributed by atoms with E-state index in [1.807, 2.05) is 0 Å². The molecule has 15 heavy (non-hydrogen) atoms. The molecule has 0 aromatic rings. The maximum atomic E-state index is 6.16. The van der Waals surface area contributed by atoms with Crippen LogP contribution in [0.25, 0.3) is 0 Å². The van der Waals surface area contributed by atoms with Crippen LogP contribution >= 0.6 is 0 Å². The summed E-state index contributed by atoms with van der Waals surface area (Å²) in [6.07, 6.45) is 8.60. The molecule has 3 fully saturated rings. The molecule has 0 amide bonds. The molecule has 2 N–H and O–H groups in total. The lowest BCUT2D eigenvalue weighted by Gasteiger charge is -2.21. The van der Waals surface area contributed by atoms with E-state index in [4.69, 9.17) is 5.73 Å². The molecule has 3 rings (SSSR count). The minimum Gasteiger partial charge on any atom is -0.327 e. The molecule has 2 aliphatic carbocycles. The summed E-state index contributed by atoms with van der Waals surface area (Å²) in [5.74, 6) is 2.80. The molecule has 3 aliphatic rings. The molecule has 0 aromatic heterocycles. The molecule has 1 saturated heterocycles. The Morgan fingerprint density at radius 1 is 1.00 bits per heavy atom. The van der Waals surface area contributed by atoms with Crippen molar-refractivity contribution in [3.8, 4) is 0 Å². The van der Waals surface area contributed by atoms with Crippen molar-refractivity contribution < 1.29 is 0 Å². The maximum Gasteiger partial charge on any atom is 0.00826 e. The average molecular weight is 208 g/mol. The van der Waals surface area contributed by atoms with E-state index in [1.54, 1.807) is 0 Å². The fourth-order valence-corrected chi connectivity index (χ4v) is 4.11. The summed E-state index contributed by atoms with van der Waals surface area (Å²) in [5.41, 5.74) is 6.16. The number of hydrogen-bond acceptors (Lipinski definition) is 2. The molecule has 2 nitrogen and oxygen atoms in total. The zero-order valence-corrected chi connectivity index (χ0v) is 9.70. The van der Waals surface area contributed by atoms with Crippen molar-refractivity contribution in [1.29, 1.82) is 0 Å². The Hall–Kier alpha value is -0.0800. The number of nitrogens with two attached hydrogens (primary N) is 1. The number of fused-ring (bicyclic) bond motifs is 1. The molecule has 0 aromatic carbocycles. The summed E-state index contributed by atoms with van der Waals surface area (Å²) in [6, 6.07) is 0.517. The molecule has 3 unspecified atom stereocenters. The monoisotopic (exact) mass is 208 g/mol. The molecular formula is C13H24N2. The molecule has 1 heterocycles. The number of hydrogen-bond donors (Lipinski definition) is 1. The van der Waals surface area contributed by atoms with Crippen molar-refractivity contribution in [3.63, 3.8) is 0 Å². The van der Waals surface area contributed by atoms with Gasteiger partial charge in [-0.05, 0) is 43.4 Å². The predicted octanol–water partition coefficient (Wildman–Crippen LogP) is 1.85. The first-order chi connectivity index (χ1) is 7.33. The summed E-state index contributed by atoms with van der Waals surface area (Å²) in [7, 11) is 0. The fraction of sp³-hybridized carbons (Fsp3) is 1.00. The summed E-state index contributed by atoms with van der Waals surface area (Å²) in [6.45, 7) is 4.04. The quantitative estimate of drug-likeness (QED) is 0.750. The van der Waals surface area contributed by atoms with Gasteiger partial charge in [-0.1, -0.05) is 12.8 Å². The highest BCUT2D eigenvalue weighted by molar-refractivity contribution is 4.95. The third-order valence-electron chi connectivity index (χ3n) is 4.98. The van der Waals surface area contributed by atoms with E-state index in [9.17, 15) is 0 Å². The van der Waals surface area contributed by atoms with Crippen molar-refractivity contribution in [2.75, 3.05) is 19.6 Å². The lowest BCUT2D eigenvalue weighted by molar-refractivity contribution is 0.258. The van der Waals surface area contributed by atoms with Gasteiger partial charge in [0.15, 0.2) is 0 Å². The molecule has 0 bridgehead atoms. The molecule has 0 radical (unpaired) electrons. The van der Waals surface area contributed by atoms with Crippen molar-refractivity contribution >= 4 is 0 Å². The second-order valence-corrected chi connectivity index (χ2v) is 6.03. The van der Waals surface area contributed by atoms with Gasteiger partial charge in [-0.25, -0.2) is 0 Å². The molecule has 3 atom stereocenters. The van der Waals surface area contributed by atoms with E-state index < -0.39 is 0 Å². The van der Waals surface area contributed by atoms with Gasteiger partial charge >= 0.3 is 0 Å². The van der Waals surface area contributed by atoms with E-state index in [0.29, 0.717) is 6.04 Å². The van der Waals surface area contributed by atoms with Crippen LogP contribution in [0.4, 0.5) is 0 Å². The van der Waals surface area contributed by atoms with Crippen molar-refractivity contribution in [2.45, 2.75) is 44.6 Å². The van der Waals surface area contributed by atoms with Crippen LogP contribution < -0.4 is 5.73 Å². The lowest BCUT2D eigenvalue weighted by Crippen LogP contribution is -2.32. The minimum absolute atomic E-state index is 0.517. The van der Waals surface area contributed by atoms with Gasteiger partial charge in [-0.15, -0.1) is 0 Å². The summed E-state index contributed by atoms with van der Waals surface area (Å²) in [4.78, 5) is 2.71. The molecular weight excluding hydrogens is 184 g/mol. The number of rotatable bonds is 2. The highest BCUT2D eigenvalue weighted by Gasteiger charge is 2.41. The predicted molar refractivity (Wildman–Crippen MR) is 62.6 cm³/mol. The van der Waals surface area contributed by atoms with Gasteiger partial charge in [0.05, 0.1) is 0 Å². The maximum absolute atomic E-state index is 6.16.